The zero-order chi connectivity index (χ0) is 11.8. The average Bonchev–Trinajstić information content (AvgIpc) is 2.12. The highest BCUT2D eigenvalue weighted by molar-refractivity contribution is 5.69. The van der Waals surface area contributed by atoms with Gasteiger partial charge in [-0.1, -0.05) is 26.7 Å². The van der Waals surface area contributed by atoms with Crippen LogP contribution in [0, 0.1) is 5.92 Å². The van der Waals surface area contributed by atoms with Gasteiger partial charge in [0.15, 0.2) is 0 Å². The average molecular weight is 216 g/mol. The molecule has 1 N–H and O–H groups in total. The van der Waals surface area contributed by atoms with Gasteiger partial charge in [0.05, 0.1) is 18.6 Å². The van der Waals surface area contributed by atoms with Gasteiger partial charge in [-0.15, -0.1) is 0 Å². The Hall–Kier alpha value is -0.570. The van der Waals surface area contributed by atoms with Crippen LogP contribution in [-0.2, 0) is 9.53 Å². The molecule has 0 aromatic heterocycles. The monoisotopic (exact) mass is 216 g/mol. The van der Waals surface area contributed by atoms with E-state index >= 15 is 0 Å². The molecule has 0 radical (unpaired) electrons. The first-order valence-corrected chi connectivity index (χ1v) is 5.84. The molecule has 0 spiro atoms. The number of aliphatic hydroxyl groups excluding tert-OH is 1. The van der Waals surface area contributed by atoms with Crippen LogP contribution in [0.5, 0.6) is 0 Å². The number of ether oxygens (including phenoxy) is 1. The standard InChI is InChI=1S/C12H24O3/c1-5-6-7-11(13)10(4)8-12(14)15-9(2)3/h9-11,13H,5-8H2,1-4H3. The van der Waals surface area contributed by atoms with Crippen LogP contribution in [0.3, 0.4) is 0 Å². The van der Waals surface area contributed by atoms with E-state index in [0.717, 1.165) is 19.3 Å². The third kappa shape index (κ3) is 7.37. The van der Waals surface area contributed by atoms with E-state index in [9.17, 15) is 9.90 Å². The Morgan fingerprint density at radius 2 is 1.93 bits per heavy atom. The van der Waals surface area contributed by atoms with Crippen LogP contribution in [-0.4, -0.2) is 23.3 Å². The molecule has 0 heterocycles. The van der Waals surface area contributed by atoms with E-state index in [2.05, 4.69) is 6.92 Å². The van der Waals surface area contributed by atoms with Crippen LogP contribution in [0.15, 0.2) is 0 Å². The minimum Gasteiger partial charge on any atom is -0.463 e. The Kier molecular flexibility index (Phi) is 7.39. The first-order chi connectivity index (χ1) is 6.97. The Morgan fingerprint density at radius 1 is 1.33 bits per heavy atom. The molecule has 15 heavy (non-hydrogen) atoms. The van der Waals surface area contributed by atoms with Gasteiger partial charge in [0.2, 0.25) is 0 Å². The van der Waals surface area contributed by atoms with Gasteiger partial charge in [-0.25, -0.2) is 0 Å². The van der Waals surface area contributed by atoms with Crippen LogP contribution in [0.25, 0.3) is 0 Å². The Balaban J connectivity index is 3.79. The summed E-state index contributed by atoms with van der Waals surface area (Å²) in [6.07, 6.45) is 2.70. The SMILES string of the molecule is CCCCC(O)C(C)CC(=O)OC(C)C. The van der Waals surface area contributed by atoms with Gasteiger partial charge in [0.25, 0.3) is 0 Å². The Bertz CT molecular complexity index is 178. The van der Waals surface area contributed by atoms with E-state index in [0.29, 0.717) is 6.42 Å². The Morgan fingerprint density at radius 3 is 2.40 bits per heavy atom. The number of rotatable bonds is 7. The zero-order valence-corrected chi connectivity index (χ0v) is 10.3. The smallest absolute Gasteiger partial charge is 0.306 e. The summed E-state index contributed by atoms with van der Waals surface area (Å²) in [5.41, 5.74) is 0. The number of esters is 1. The van der Waals surface area contributed by atoms with Crippen LogP contribution >= 0.6 is 0 Å². The predicted octanol–water partition coefficient (Wildman–Crippen LogP) is 2.52. The lowest BCUT2D eigenvalue weighted by Gasteiger charge is -2.18. The molecular weight excluding hydrogens is 192 g/mol. The van der Waals surface area contributed by atoms with Crippen molar-refractivity contribution in [2.24, 2.45) is 5.92 Å². The van der Waals surface area contributed by atoms with Gasteiger partial charge < -0.3 is 9.84 Å². The van der Waals surface area contributed by atoms with Gasteiger partial charge in [0, 0.05) is 0 Å². The van der Waals surface area contributed by atoms with Crippen molar-refractivity contribution in [2.45, 2.75) is 65.6 Å². The van der Waals surface area contributed by atoms with E-state index in [1.54, 1.807) is 0 Å². The lowest BCUT2D eigenvalue weighted by molar-refractivity contribution is -0.149. The molecular formula is C12H24O3. The van der Waals surface area contributed by atoms with Gasteiger partial charge in [0.1, 0.15) is 0 Å². The summed E-state index contributed by atoms with van der Waals surface area (Å²) in [7, 11) is 0. The van der Waals surface area contributed by atoms with E-state index in [1.165, 1.54) is 0 Å². The topological polar surface area (TPSA) is 46.5 Å². The lowest BCUT2D eigenvalue weighted by Crippen LogP contribution is -2.23. The first kappa shape index (κ1) is 14.4. The van der Waals surface area contributed by atoms with E-state index in [4.69, 9.17) is 4.74 Å². The summed E-state index contributed by atoms with van der Waals surface area (Å²) in [6.45, 7) is 7.64. The fourth-order valence-electron chi connectivity index (χ4n) is 1.41. The molecule has 0 saturated carbocycles. The van der Waals surface area contributed by atoms with Gasteiger partial charge in [-0.2, -0.15) is 0 Å². The van der Waals surface area contributed by atoms with Crippen molar-refractivity contribution in [3.63, 3.8) is 0 Å². The highest BCUT2D eigenvalue weighted by atomic mass is 16.5. The predicted molar refractivity (Wildman–Crippen MR) is 60.5 cm³/mol. The van der Waals surface area contributed by atoms with Crippen molar-refractivity contribution in [1.29, 1.82) is 0 Å². The molecule has 0 aliphatic rings. The molecule has 0 aromatic carbocycles. The molecule has 3 heteroatoms. The zero-order valence-electron chi connectivity index (χ0n) is 10.3. The van der Waals surface area contributed by atoms with Gasteiger partial charge >= 0.3 is 5.97 Å². The molecule has 0 aliphatic carbocycles. The normalized spacial score (nSPS) is 15.1. The van der Waals surface area contributed by atoms with Crippen LogP contribution < -0.4 is 0 Å². The minimum atomic E-state index is -0.385. The molecule has 0 bridgehead atoms. The molecule has 0 aliphatic heterocycles. The second kappa shape index (κ2) is 7.69. The first-order valence-electron chi connectivity index (χ1n) is 5.84. The molecule has 0 amide bonds. The molecule has 2 atom stereocenters. The van der Waals surface area contributed by atoms with E-state index in [1.807, 2.05) is 20.8 Å². The van der Waals surface area contributed by atoms with Crippen molar-refractivity contribution in [3.8, 4) is 0 Å². The second-order valence-corrected chi connectivity index (χ2v) is 4.43. The van der Waals surface area contributed by atoms with Crippen molar-refractivity contribution >= 4 is 5.97 Å². The van der Waals surface area contributed by atoms with Crippen LogP contribution in [0.1, 0.15) is 53.4 Å². The van der Waals surface area contributed by atoms with Crippen molar-refractivity contribution in [3.05, 3.63) is 0 Å². The molecule has 0 saturated heterocycles. The van der Waals surface area contributed by atoms with Crippen molar-refractivity contribution in [1.82, 2.24) is 0 Å². The minimum absolute atomic E-state index is 0.0113. The third-order valence-corrected chi connectivity index (χ3v) is 2.37. The summed E-state index contributed by atoms with van der Waals surface area (Å²) >= 11 is 0. The van der Waals surface area contributed by atoms with Gasteiger partial charge in [-0.3, -0.25) is 4.79 Å². The Labute approximate surface area is 92.8 Å². The third-order valence-electron chi connectivity index (χ3n) is 2.37. The maximum absolute atomic E-state index is 11.3. The number of unbranched alkanes of at least 4 members (excludes halogenated alkanes) is 1. The summed E-state index contributed by atoms with van der Waals surface area (Å²) in [6, 6.07) is 0. The summed E-state index contributed by atoms with van der Waals surface area (Å²) in [4.78, 5) is 11.3. The highest BCUT2D eigenvalue weighted by Gasteiger charge is 2.18. The number of carbonyl (C=O) groups is 1. The molecule has 2 unspecified atom stereocenters. The summed E-state index contributed by atoms with van der Waals surface area (Å²) in [5, 5.41) is 9.72. The number of hydrogen-bond acceptors (Lipinski definition) is 3. The molecule has 0 aromatic rings. The molecule has 0 fully saturated rings. The lowest BCUT2D eigenvalue weighted by atomic mass is 9.97. The van der Waals surface area contributed by atoms with Crippen molar-refractivity contribution in [2.75, 3.05) is 0 Å². The highest BCUT2D eigenvalue weighted by Crippen LogP contribution is 2.15. The number of hydrogen-bond donors (Lipinski definition) is 1. The number of aliphatic hydroxyl groups is 1. The summed E-state index contributed by atoms with van der Waals surface area (Å²) < 4.78 is 5.03. The molecule has 90 valence electrons. The van der Waals surface area contributed by atoms with Crippen LogP contribution in [0.4, 0.5) is 0 Å². The van der Waals surface area contributed by atoms with Crippen molar-refractivity contribution < 1.29 is 14.6 Å². The maximum atomic E-state index is 11.3. The molecule has 3 nitrogen and oxygen atoms in total. The van der Waals surface area contributed by atoms with Gasteiger partial charge in [-0.05, 0) is 26.2 Å². The van der Waals surface area contributed by atoms with E-state index in [-0.39, 0.29) is 24.1 Å². The molecule has 0 rings (SSSR count). The second-order valence-electron chi connectivity index (χ2n) is 4.43. The number of carbonyl (C=O) groups excluding carboxylic acids is 1. The fourth-order valence-corrected chi connectivity index (χ4v) is 1.41. The van der Waals surface area contributed by atoms with Crippen LogP contribution in [0.2, 0.25) is 0 Å². The maximum Gasteiger partial charge on any atom is 0.306 e. The summed E-state index contributed by atoms with van der Waals surface area (Å²) in [5.74, 6) is -0.226. The largest absolute Gasteiger partial charge is 0.463 e. The fraction of sp³-hybridized carbons (Fsp3) is 0.917. The van der Waals surface area contributed by atoms with E-state index < -0.39 is 0 Å². The quantitative estimate of drug-likeness (QED) is 0.665.